The van der Waals surface area contributed by atoms with Gasteiger partial charge in [0.15, 0.2) is 0 Å². The van der Waals surface area contributed by atoms with Crippen molar-refractivity contribution in [2.45, 2.75) is 39.7 Å². The Balaban J connectivity index is 1.52. The lowest BCUT2D eigenvalue weighted by atomic mass is 9.73. The van der Waals surface area contributed by atoms with Crippen molar-refractivity contribution in [1.29, 1.82) is 0 Å². The number of fused-ring (bicyclic) bond motifs is 1. The van der Waals surface area contributed by atoms with Crippen molar-refractivity contribution in [1.82, 2.24) is 9.47 Å². The molecule has 0 amide bonds. The van der Waals surface area contributed by atoms with E-state index in [0.29, 0.717) is 13.0 Å². The Morgan fingerprint density at radius 3 is 2.35 bits per heavy atom. The number of esters is 1. The Hall–Kier alpha value is -2.92. The van der Waals surface area contributed by atoms with Crippen LogP contribution < -0.4 is 0 Å². The van der Waals surface area contributed by atoms with Crippen molar-refractivity contribution in [3.8, 4) is 0 Å². The molecule has 1 fully saturated rings. The molecule has 5 heteroatoms. The summed E-state index contributed by atoms with van der Waals surface area (Å²) in [7, 11) is 0. The smallest absolute Gasteiger partial charge is 0.312 e. The standard InChI is InChI=1S/C26H30N2O3/c1-3-31-25(30)26(17-21-9-5-4-6-10-21)13-15-27(16-14-26)18-22-19-28(20(2)29)24-12-8-7-11-23(22)24/h4-12,19H,3,13-18H2,1-2H3. The number of aromatic nitrogens is 1. The van der Waals surface area contributed by atoms with Crippen LogP contribution in [0, 0.1) is 5.41 Å². The molecular weight excluding hydrogens is 388 g/mol. The van der Waals surface area contributed by atoms with Crippen molar-refractivity contribution in [3.63, 3.8) is 0 Å². The van der Waals surface area contributed by atoms with Gasteiger partial charge in [0.1, 0.15) is 0 Å². The maximum atomic E-state index is 13.0. The summed E-state index contributed by atoms with van der Waals surface area (Å²) in [6, 6.07) is 18.3. The van der Waals surface area contributed by atoms with Crippen LogP contribution in [-0.2, 0) is 22.5 Å². The predicted molar refractivity (Wildman–Crippen MR) is 122 cm³/mol. The molecule has 0 aliphatic carbocycles. The molecule has 4 rings (SSSR count). The van der Waals surface area contributed by atoms with Crippen LogP contribution in [0.25, 0.3) is 10.9 Å². The second-order valence-electron chi connectivity index (χ2n) is 8.50. The van der Waals surface area contributed by atoms with E-state index in [9.17, 15) is 9.59 Å². The molecule has 1 aliphatic heterocycles. The zero-order valence-corrected chi connectivity index (χ0v) is 18.3. The van der Waals surface area contributed by atoms with E-state index >= 15 is 0 Å². The zero-order valence-electron chi connectivity index (χ0n) is 18.3. The summed E-state index contributed by atoms with van der Waals surface area (Å²) in [6.45, 7) is 6.29. The molecule has 1 aromatic heterocycles. The van der Waals surface area contributed by atoms with E-state index in [2.05, 4.69) is 23.1 Å². The third kappa shape index (κ3) is 4.42. The first-order valence-corrected chi connectivity index (χ1v) is 11.1. The van der Waals surface area contributed by atoms with Crippen LogP contribution in [0.1, 0.15) is 42.6 Å². The molecule has 31 heavy (non-hydrogen) atoms. The van der Waals surface area contributed by atoms with Crippen molar-refractivity contribution < 1.29 is 14.3 Å². The van der Waals surface area contributed by atoms with Crippen LogP contribution in [-0.4, -0.2) is 41.0 Å². The number of hydrogen-bond acceptors (Lipinski definition) is 4. The maximum Gasteiger partial charge on any atom is 0.312 e. The second kappa shape index (κ2) is 9.06. The minimum atomic E-state index is -0.471. The van der Waals surface area contributed by atoms with Gasteiger partial charge in [-0.2, -0.15) is 0 Å². The number of nitrogens with zero attached hydrogens (tertiary/aromatic N) is 2. The molecule has 0 saturated carbocycles. The van der Waals surface area contributed by atoms with Gasteiger partial charge in [-0.3, -0.25) is 19.1 Å². The Morgan fingerprint density at radius 1 is 1.00 bits per heavy atom. The Bertz CT molecular complexity index is 1060. The highest BCUT2D eigenvalue weighted by Crippen LogP contribution is 2.37. The van der Waals surface area contributed by atoms with Crippen LogP contribution in [0.2, 0.25) is 0 Å². The first-order chi connectivity index (χ1) is 15.0. The van der Waals surface area contributed by atoms with Gasteiger partial charge in [0.25, 0.3) is 0 Å². The number of carbonyl (C=O) groups excluding carboxylic acids is 2. The number of ether oxygens (including phenoxy) is 1. The molecule has 0 N–H and O–H groups in total. The number of hydrogen-bond donors (Lipinski definition) is 0. The fourth-order valence-electron chi connectivity index (χ4n) is 4.74. The van der Waals surface area contributed by atoms with Crippen molar-refractivity contribution in [2.75, 3.05) is 19.7 Å². The molecule has 0 bridgehead atoms. The summed E-state index contributed by atoms with van der Waals surface area (Å²) >= 11 is 0. The van der Waals surface area contributed by atoms with E-state index in [1.54, 1.807) is 11.5 Å². The molecule has 1 saturated heterocycles. The lowest BCUT2D eigenvalue weighted by Gasteiger charge is -2.40. The summed E-state index contributed by atoms with van der Waals surface area (Å²) in [6.07, 6.45) is 4.21. The van der Waals surface area contributed by atoms with Crippen molar-refractivity contribution in [2.24, 2.45) is 5.41 Å². The number of likely N-dealkylation sites (tertiary alicyclic amines) is 1. The summed E-state index contributed by atoms with van der Waals surface area (Å²) in [5.74, 6) is -0.0584. The molecule has 5 nitrogen and oxygen atoms in total. The SMILES string of the molecule is CCOC(=O)C1(Cc2ccccc2)CCN(Cc2cn(C(C)=O)c3ccccc23)CC1. The highest BCUT2D eigenvalue weighted by atomic mass is 16.5. The first-order valence-electron chi connectivity index (χ1n) is 11.1. The van der Waals surface area contributed by atoms with Gasteiger partial charge < -0.3 is 4.74 Å². The number of piperidine rings is 1. The van der Waals surface area contributed by atoms with Crippen LogP contribution in [0.3, 0.4) is 0 Å². The van der Waals surface area contributed by atoms with Crippen molar-refractivity contribution >= 4 is 22.8 Å². The van der Waals surface area contributed by atoms with Gasteiger partial charge in [-0.1, -0.05) is 48.5 Å². The average molecular weight is 419 g/mol. The highest BCUT2D eigenvalue weighted by molar-refractivity contribution is 5.93. The second-order valence-corrected chi connectivity index (χ2v) is 8.50. The largest absolute Gasteiger partial charge is 0.466 e. The third-order valence-electron chi connectivity index (χ3n) is 6.43. The lowest BCUT2D eigenvalue weighted by molar-refractivity contribution is -0.158. The Kier molecular flexibility index (Phi) is 6.23. The normalized spacial score (nSPS) is 16.3. The third-order valence-corrected chi connectivity index (χ3v) is 6.43. The summed E-state index contributed by atoms with van der Waals surface area (Å²) < 4.78 is 7.23. The van der Waals surface area contributed by atoms with E-state index in [1.807, 2.05) is 49.5 Å². The highest BCUT2D eigenvalue weighted by Gasteiger charge is 2.42. The minimum Gasteiger partial charge on any atom is -0.466 e. The number of para-hydroxylation sites is 1. The van der Waals surface area contributed by atoms with Gasteiger partial charge in [-0.25, -0.2) is 0 Å². The van der Waals surface area contributed by atoms with Gasteiger partial charge in [0.05, 0.1) is 17.5 Å². The molecule has 2 aromatic carbocycles. The Morgan fingerprint density at radius 2 is 1.68 bits per heavy atom. The summed E-state index contributed by atoms with van der Waals surface area (Å²) in [5, 5.41) is 1.12. The van der Waals surface area contributed by atoms with E-state index in [0.717, 1.165) is 48.9 Å². The van der Waals surface area contributed by atoms with Crippen LogP contribution in [0.5, 0.6) is 0 Å². The fraction of sp³-hybridized carbons (Fsp3) is 0.385. The van der Waals surface area contributed by atoms with Gasteiger partial charge in [0, 0.05) is 25.1 Å². The van der Waals surface area contributed by atoms with Crippen molar-refractivity contribution in [3.05, 3.63) is 71.9 Å². The van der Waals surface area contributed by atoms with E-state index in [1.165, 1.54) is 5.56 Å². The lowest BCUT2D eigenvalue weighted by Crippen LogP contribution is -2.46. The molecule has 0 unspecified atom stereocenters. The van der Waals surface area contributed by atoms with E-state index in [-0.39, 0.29) is 11.9 Å². The molecular formula is C26H30N2O3. The van der Waals surface area contributed by atoms with Gasteiger partial charge in [-0.05, 0) is 56.5 Å². The molecule has 162 valence electrons. The molecule has 0 spiro atoms. The fourth-order valence-corrected chi connectivity index (χ4v) is 4.74. The minimum absolute atomic E-state index is 0.0188. The van der Waals surface area contributed by atoms with E-state index < -0.39 is 5.41 Å². The molecule has 1 aliphatic rings. The summed E-state index contributed by atoms with van der Waals surface area (Å²) in [5.41, 5.74) is 2.80. The number of rotatable bonds is 6. The van der Waals surface area contributed by atoms with Crippen LogP contribution in [0.4, 0.5) is 0 Å². The zero-order chi connectivity index (χ0) is 21.8. The van der Waals surface area contributed by atoms with Crippen LogP contribution in [0.15, 0.2) is 60.8 Å². The number of carbonyl (C=O) groups is 2. The Labute approximate surface area is 183 Å². The van der Waals surface area contributed by atoms with Crippen LogP contribution >= 0.6 is 0 Å². The first kappa shape index (κ1) is 21.3. The van der Waals surface area contributed by atoms with E-state index in [4.69, 9.17) is 4.74 Å². The predicted octanol–water partition coefficient (Wildman–Crippen LogP) is 4.69. The molecule has 3 aromatic rings. The monoisotopic (exact) mass is 418 g/mol. The quantitative estimate of drug-likeness (QED) is 0.545. The van der Waals surface area contributed by atoms with Gasteiger partial charge >= 0.3 is 5.97 Å². The molecule has 0 radical (unpaired) electrons. The maximum absolute atomic E-state index is 13.0. The summed E-state index contributed by atoms with van der Waals surface area (Å²) in [4.78, 5) is 27.4. The average Bonchev–Trinajstić information content (AvgIpc) is 3.15. The topological polar surface area (TPSA) is 51.5 Å². The number of benzene rings is 2. The molecule has 2 heterocycles. The molecule has 0 atom stereocenters. The van der Waals surface area contributed by atoms with Gasteiger partial charge in [-0.15, -0.1) is 0 Å². The van der Waals surface area contributed by atoms with Gasteiger partial charge in [0.2, 0.25) is 5.91 Å².